The Morgan fingerprint density at radius 3 is 3.24 bits per heavy atom. The van der Waals surface area contributed by atoms with Crippen LogP contribution in [0.5, 0.6) is 0 Å². The summed E-state index contributed by atoms with van der Waals surface area (Å²) in [7, 11) is 0. The van der Waals surface area contributed by atoms with Gasteiger partial charge in [0.2, 0.25) is 0 Å². The zero-order valence-electron chi connectivity index (χ0n) is 10.5. The lowest BCUT2D eigenvalue weighted by Crippen LogP contribution is -2.52. The van der Waals surface area contributed by atoms with Crippen molar-refractivity contribution in [1.82, 2.24) is 10.3 Å². The van der Waals surface area contributed by atoms with Crippen LogP contribution in [0.25, 0.3) is 0 Å². The molecule has 92 valence electrons. The van der Waals surface area contributed by atoms with E-state index in [9.17, 15) is 0 Å². The summed E-state index contributed by atoms with van der Waals surface area (Å²) in [6.45, 7) is 5.67. The van der Waals surface area contributed by atoms with Crippen LogP contribution >= 0.6 is 0 Å². The highest BCUT2D eigenvalue weighted by atomic mass is 15.2. The number of aromatic nitrogens is 1. The second kappa shape index (κ2) is 4.65. The van der Waals surface area contributed by atoms with Crippen molar-refractivity contribution < 1.29 is 0 Å². The summed E-state index contributed by atoms with van der Waals surface area (Å²) in [5, 5.41) is 3.66. The molecule has 2 atom stereocenters. The summed E-state index contributed by atoms with van der Waals surface area (Å²) in [5.41, 5.74) is 1.30. The third kappa shape index (κ3) is 2.29. The monoisotopic (exact) mass is 231 g/mol. The van der Waals surface area contributed by atoms with Crippen molar-refractivity contribution in [3.05, 3.63) is 23.9 Å². The van der Waals surface area contributed by atoms with Crippen molar-refractivity contribution in [2.75, 3.05) is 24.5 Å². The number of nitrogens with zero attached hydrogens (tertiary/aromatic N) is 2. The summed E-state index contributed by atoms with van der Waals surface area (Å²) in [6, 6.07) is 5.03. The number of anilines is 1. The minimum Gasteiger partial charge on any atom is -0.356 e. The Hall–Kier alpha value is -1.09. The van der Waals surface area contributed by atoms with Crippen molar-refractivity contribution in [3.8, 4) is 0 Å². The summed E-state index contributed by atoms with van der Waals surface area (Å²) in [5.74, 6) is 1.98. The lowest BCUT2D eigenvalue weighted by atomic mass is 9.85. The lowest BCUT2D eigenvalue weighted by molar-refractivity contribution is 0.244. The molecule has 17 heavy (non-hydrogen) atoms. The van der Waals surface area contributed by atoms with E-state index >= 15 is 0 Å². The van der Waals surface area contributed by atoms with Gasteiger partial charge in [0.15, 0.2) is 0 Å². The minimum atomic E-state index is 0.754. The number of hydrogen-bond donors (Lipinski definition) is 1. The van der Waals surface area contributed by atoms with Crippen LogP contribution in [-0.4, -0.2) is 30.7 Å². The van der Waals surface area contributed by atoms with Crippen LogP contribution in [-0.2, 0) is 0 Å². The molecule has 3 nitrogen and oxygen atoms in total. The van der Waals surface area contributed by atoms with Crippen molar-refractivity contribution in [2.45, 2.75) is 32.2 Å². The van der Waals surface area contributed by atoms with Crippen LogP contribution in [0.2, 0.25) is 0 Å². The van der Waals surface area contributed by atoms with Crippen LogP contribution in [0.1, 0.15) is 24.8 Å². The Bertz CT molecular complexity index is 391. The largest absolute Gasteiger partial charge is 0.356 e. The molecule has 3 heterocycles. The number of rotatable bonds is 1. The van der Waals surface area contributed by atoms with E-state index in [2.05, 4.69) is 34.3 Å². The van der Waals surface area contributed by atoms with Gasteiger partial charge in [-0.1, -0.05) is 0 Å². The summed E-state index contributed by atoms with van der Waals surface area (Å²) in [6.07, 6.45) is 5.90. The average Bonchev–Trinajstić information content (AvgIpc) is 2.38. The fraction of sp³-hybridized carbons (Fsp3) is 0.643. The number of hydrogen-bond acceptors (Lipinski definition) is 3. The molecule has 0 bridgehead atoms. The first-order chi connectivity index (χ1) is 8.33. The second-order valence-electron chi connectivity index (χ2n) is 5.39. The molecule has 1 N–H and O–H groups in total. The molecule has 2 saturated heterocycles. The Morgan fingerprint density at radius 2 is 2.35 bits per heavy atom. The predicted molar refractivity (Wildman–Crippen MR) is 70.3 cm³/mol. The maximum absolute atomic E-state index is 4.51. The molecule has 1 aromatic heterocycles. The minimum absolute atomic E-state index is 0.754. The van der Waals surface area contributed by atoms with Crippen molar-refractivity contribution in [2.24, 2.45) is 5.92 Å². The number of aryl methyl sites for hydroxylation is 1. The molecule has 2 aliphatic heterocycles. The smallest absolute Gasteiger partial charge is 0.128 e. The fourth-order valence-electron chi connectivity index (χ4n) is 3.15. The Labute approximate surface area is 103 Å². The first-order valence-electron chi connectivity index (χ1n) is 6.74. The average molecular weight is 231 g/mol. The van der Waals surface area contributed by atoms with Crippen molar-refractivity contribution in [1.29, 1.82) is 0 Å². The third-order valence-corrected chi connectivity index (χ3v) is 4.12. The molecular weight excluding hydrogens is 210 g/mol. The standard InChI is InChI=1S/C14H21N3/c1-11-4-7-16-14(9-11)17-8-5-13-12(10-17)3-2-6-15-13/h4,7,9,12-13,15H,2-3,5-6,8,10H2,1H3. The highest BCUT2D eigenvalue weighted by Gasteiger charge is 2.31. The van der Waals surface area contributed by atoms with Gasteiger partial charge in [0.05, 0.1) is 0 Å². The van der Waals surface area contributed by atoms with E-state index in [0.29, 0.717) is 0 Å². The number of piperidine rings is 2. The van der Waals surface area contributed by atoms with Gasteiger partial charge in [-0.25, -0.2) is 4.98 Å². The van der Waals surface area contributed by atoms with Gasteiger partial charge in [0.25, 0.3) is 0 Å². The summed E-state index contributed by atoms with van der Waals surface area (Å²) < 4.78 is 0. The van der Waals surface area contributed by atoms with Gasteiger partial charge in [0, 0.05) is 25.3 Å². The van der Waals surface area contributed by atoms with Gasteiger partial charge in [-0.05, 0) is 56.3 Å². The number of pyridine rings is 1. The first-order valence-corrected chi connectivity index (χ1v) is 6.74. The van der Waals surface area contributed by atoms with Crippen LogP contribution in [0, 0.1) is 12.8 Å². The van der Waals surface area contributed by atoms with Gasteiger partial charge in [0.1, 0.15) is 5.82 Å². The predicted octanol–water partition coefficient (Wildman–Crippen LogP) is 1.97. The van der Waals surface area contributed by atoms with Gasteiger partial charge >= 0.3 is 0 Å². The molecular formula is C14H21N3. The van der Waals surface area contributed by atoms with Crippen molar-refractivity contribution in [3.63, 3.8) is 0 Å². The number of fused-ring (bicyclic) bond motifs is 1. The topological polar surface area (TPSA) is 28.2 Å². The molecule has 0 radical (unpaired) electrons. The van der Waals surface area contributed by atoms with Gasteiger partial charge in [-0.3, -0.25) is 0 Å². The Balaban J connectivity index is 1.73. The van der Waals surface area contributed by atoms with E-state index in [1.54, 1.807) is 0 Å². The summed E-state index contributed by atoms with van der Waals surface area (Å²) >= 11 is 0. The molecule has 3 rings (SSSR count). The molecule has 0 amide bonds. The number of nitrogens with one attached hydrogen (secondary N) is 1. The quantitative estimate of drug-likeness (QED) is 0.801. The van der Waals surface area contributed by atoms with E-state index in [0.717, 1.165) is 24.3 Å². The molecule has 1 aromatic rings. The lowest BCUT2D eigenvalue weighted by Gasteiger charge is -2.42. The van der Waals surface area contributed by atoms with Crippen LogP contribution in [0.3, 0.4) is 0 Å². The van der Waals surface area contributed by atoms with E-state index in [4.69, 9.17) is 0 Å². The first kappa shape index (κ1) is 11.0. The third-order valence-electron chi connectivity index (χ3n) is 4.12. The zero-order valence-corrected chi connectivity index (χ0v) is 10.5. The second-order valence-corrected chi connectivity index (χ2v) is 5.39. The van der Waals surface area contributed by atoms with E-state index in [1.165, 1.54) is 37.9 Å². The maximum atomic E-state index is 4.51. The molecule has 2 aliphatic rings. The van der Waals surface area contributed by atoms with E-state index in [1.807, 2.05) is 6.20 Å². The maximum Gasteiger partial charge on any atom is 0.128 e. The van der Waals surface area contributed by atoms with E-state index in [-0.39, 0.29) is 0 Å². The normalized spacial score (nSPS) is 28.9. The molecule has 0 aliphatic carbocycles. The Morgan fingerprint density at radius 1 is 1.41 bits per heavy atom. The molecule has 0 spiro atoms. The molecule has 0 aromatic carbocycles. The van der Waals surface area contributed by atoms with Gasteiger partial charge < -0.3 is 10.2 Å². The van der Waals surface area contributed by atoms with E-state index < -0.39 is 0 Å². The van der Waals surface area contributed by atoms with Crippen molar-refractivity contribution >= 4 is 5.82 Å². The van der Waals surface area contributed by atoms with Crippen LogP contribution in [0.4, 0.5) is 5.82 Å². The fourth-order valence-corrected chi connectivity index (χ4v) is 3.15. The van der Waals surface area contributed by atoms with Crippen LogP contribution < -0.4 is 10.2 Å². The highest BCUT2D eigenvalue weighted by molar-refractivity contribution is 5.41. The molecule has 3 heteroatoms. The molecule has 0 saturated carbocycles. The Kier molecular flexibility index (Phi) is 3.02. The van der Waals surface area contributed by atoms with Gasteiger partial charge in [-0.2, -0.15) is 0 Å². The van der Waals surface area contributed by atoms with Crippen LogP contribution in [0.15, 0.2) is 18.3 Å². The molecule has 2 fully saturated rings. The zero-order chi connectivity index (χ0) is 11.7. The SMILES string of the molecule is Cc1ccnc(N2CCC3NCCCC3C2)c1. The summed E-state index contributed by atoms with van der Waals surface area (Å²) in [4.78, 5) is 6.97. The highest BCUT2D eigenvalue weighted by Crippen LogP contribution is 2.27. The molecule has 2 unspecified atom stereocenters. The van der Waals surface area contributed by atoms with Gasteiger partial charge in [-0.15, -0.1) is 0 Å².